The average molecular weight is 163 g/mol. The standard InChI is InChI=1S/N3.Na.H3O4P/c1-3-2;;1-5(2,3)4/h;;(H3,1,2,3,4)/q-1;+1;. The Labute approximate surface area is 72.6 Å². The Kier molecular flexibility index (Phi) is 15.2. The Morgan fingerprint density at radius 3 is 1.22 bits per heavy atom. The maximum Gasteiger partial charge on any atom is 1.00 e. The first-order valence-electron chi connectivity index (χ1n) is 1.18. The minimum Gasteiger partial charge on any atom is -0.373 e. The molecule has 0 unspecified atom stereocenters. The van der Waals surface area contributed by atoms with Crippen LogP contribution in [0.15, 0.2) is 0 Å². The van der Waals surface area contributed by atoms with Crippen LogP contribution in [-0.2, 0) is 4.57 Å². The smallest absolute Gasteiger partial charge is 0.373 e. The summed E-state index contributed by atoms with van der Waals surface area (Å²) in [4.78, 5) is 23.1. The number of nitrogens with zero attached hydrogens (tertiary/aromatic N) is 3. The Balaban J connectivity index is -0.0000000800. The molecule has 0 aromatic heterocycles. The predicted molar refractivity (Wildman–Crippen MR) is 24.3 cm³/mol. The molecule has 48 valence electrons. The molecule has 0 rings (SSSR count). The molecule has 0 aromatic carbocycles. The third-order valence-electron chi connectivity index (χ3n) is 0. The van der Waals surface area contributed by atoms with Crippen LogP contribution in [0.2, 0.25) is 0 Å². The number of hydrogen-bond donors (Lipinski definition) is 3. The molecule has 0 radical (unpaired) electrons. The molecule has 0 aromatic rings. The monoisotopic (exact) mass is 163 g/mol. The summed E-state index contributed by atoms with van der Waals surface area (Å²) >= 11 is 0. The van der Waals surface area contributed by atoms with Gasteiger partial charge in [-0.05, 0) is 0 Å². The van der Waals surface area contributed by atoms with Crippen molar-refractivity contribution >= 4 is 7.82 Å². The van der Waals surface area contributed by atoms with Crippen molar-refractivity contribution < 1.29 is 48.8 Å². The van der Waals surface area contributed by atoms with Gasteiger partial charge in [0.25, 0.3) is 0 Å². The SMILES string of the molecule is O=P(O)(O)O.[N-]=[N+]=[N-].[Na+]. The summed E-state index contributed by atoms with van der Waals surface area (Å²) in [5.41, 5.74) is 13.5. The zero-order chi connectivity index (χ0) is 7.21. The molecule has 0 aliphatic carbocycles. The van der Waals surface area contributed by atoms with E-state index in [9.17, 15) is 0 Å². The first kappa shape index (κ1) is 16.2. The van der Waals surface area contributed by atoms with Gasteiger partial charge in [0.2, 0.25) is 0 Å². The third kappa shape index (κ3) is 1970. The minimum absolute atomic E-state index is 0. The average Bonchev–Trinajstić information content (AvgIpc) is 1.27. The van der Waals surface area contributed by atoms with Crippen LogP contribution in [0.1, 0.15) is 0 Å². The van der Waals surface area contributed by atoms with Gasteiger partial charge in [-0.3, -0.25) is 4.91 Å². The van der Waals surface area contributed by atoms with Crippen LogP contribution in [0.4, 0.5) is 0 Å². The van der Waals surface area contributed by atoms with E-state index in [-0.39, 0.29) is 29.6 Å². The number of hydrogen-bond acceptors (Lipinski definition) is 1. The van der Waals surface area contributed by atoms with Gasteiger partial charge in [-0.15, -0.1) is 0 Å². The third-order valence-corrected chi connectivity index (χ3v) is 0. The van der Waals surface area contributed by atoms with Gasteiger partial charge in [0.1, 0.15) is 0 Å². The van der Waals surface area contributed by atoms with Crippen molar-refractivity contribution in [3.8, 4) is 0 Å². The normalized spacial score (nSPS) is 7.44. The zero-order valence-corrected chi connectivity index (χ0v) is 7.43. The molecule has 9 heavy (non-hydrogen) atoms. The molecule has 0 aliphatic heterocycles. The van der Waals surface area contributed by atoms with Gasteiger partial charge in [-0.25, -0.2) is 4.57 Å². The van der Waals surface area contributed by atoms with Crippen LogP contribution in [0, 0.1) is 0 Å². The Morgan fingerprint density at radius 1 is 1.22 bits per heavy atom. The van der Waals surface area contributed by atoms with E-state index in [1.165, 1.54) is 4.91 Å². The fourth-order valence-corrected chi connectivity index (χ4v) is 0. The van der Waals surface area contributed by atoms with Crippen LogP contribution in [-0.4, -0.2) is 14.7 Å². The summed E-state index contributed by atoms with van der Waals surface area (Å²) in [5.74, 6) is 0. The van der Waals surface area contributed by atoms with E-state index in [2.05, 4.69) is 0 Å². The van der Waals surface area contributed by atoms with Gasteiger partial charge >= 0.3 is 37.4 Å². The van der Waals surface area contributed by atoms with E-state index in [1.54, 1.807) is 0 Å². The molecular formula is H3N3NaO4P. The van der Waals surface area contributed by atoms with E-state index >= 15 is 0 Å². The van der Waals surface area contributed by atoms with Crippen LogP contribution in [0.25, 0.3) is 16.0 Å². The second-order valence-electron chi connectivity index (χ2n) is 0.603. The van der Waals surface area contributed by atoms with Crippen molar-refractivity contribution in [3.05, 3.63) is 16.0 Å². The van der Waals surface area contributed by atoms with E-state index in [0.717, 1.165) is 0 Å². The molecular weight excluding hydrogens is 160 g/mol. The van der Waals surface area contributed by atoms with Gasteiger partial charge in [0.15, 0.2) is 0 Å². The molecule has 0 aliphatic rings. The van der Waals surface area contributed by atoms with Gasteiger partial charge in [-0.1, -0.05) is 0 Å². The van der Waals surface area contributed by atoms with E-state index in [4.69, 9.17) is 30.3 Å². The van der Waals surface area contributed by atoms with Crippen LogP contribution < -0.4 is 29.6 Å². The first-order valence-corrected chi connectivity index (χ1v) is 2.75. The van der Waals surface area contributed by atoms with Crippen molar-refractivity contribution in [1.82, 2.24) is 0 Å². The van der Waals surface area contributed by atoms with Gasteiger partial charge in [0.05, 0.1) is 0 Å². The molecule has 0 spiro atoms. The Bertz CT molecular complexity index is 114. The van der Waals surface area contributed by atoms with E-state index in [1.807, 2.05) is 0 Å². The summed E-state index contributed by atoms with van der Waals surface area (Å²) < 4.78 is 8.88. The summed E-state index contributed by atoms with van der Waals surface area (Å²) in [6.07, 6.45) is 0. The Morgan fingerprint density at radius 2 is 1.22 bits per heavy atom. The molecule has 0 fully saturated rings. The maximum atomic E-state index is 8.88. The largest absolute Gasteiger partial charge is 1.00 e. The fourth-order valence-electron chi connectivity index (χ4n) is 0. The van der Waals surface area contributed by atoms with E-state index in [0.29, 0.717) is 0 Å². The molecule has 0 saturated carbocycles. The molecule has 7 nitrogen and oxygen atoms in total. The predicted octanol–water partition coefficient (Wildman–Crippen LogP) is -3.06. The first-order chi connectivity index (χ1) is 3.41. The number of phosphoric acid groups is 1. The quantitative estimate of drug-likeness (QED) is 0.115. The number of rotatable bonds is 0. The summed E-state index contributed by atoms with van der Waals surface area (Å²) in [7, 11) is -4.64. The van der Waals surface area contributed by atoms with Crippen molar-refractivity contribution in [3.63, 3.8) is 0 Å². The van der Waals surface area contributed by atoms with Crippen molar-refractivity contribution in [1.29, 1.82) is 0 Å². The van der Waals surface area contributed by atoms with Crippen LogP contribution >= 0.6 is 7.82 Å². The van der Waals surface area contributed by atoms with E-state index < -0.39 is 7.82 Å². The Hall–Kier alpha value is 0.420. The molecule has 0 atom stereocenters. The van der Waals surface area contributed by atoms with Gasteiger partial charge < -0.3 is 25.7 Å². The van der Waals surface area contributed by atoms with Gasteiger partial charge in [0, 0.05) is 0 Å². The van der Waals surface area contributed by atoms with Crippen LogP contribution in [0.5, 0.6) is 0 Å². The zero-order valence-electron chi connectivity index (χ0n) is 4.54. The second kappa shape index (κ2) is 8.42. The summed E-state index contributed by atoms with van der Waals surface area (Å²) in [6.45, 7) is 0. The van der Waals surface area contributed by atoms with Crippen LogP contribution in [0.3, 0.4) is 0 Å². The maximum absolute atomic E-state index is 8.88. The minimum atomic E-state index is -4.64. The molecule has 0 heterocycles. The van der Waals surface area contributed by atoms with Crippen molar-refractivity contribution in [2.75, 3.05) is 0 Å². The molecule has 9 heteroatoms. The topological polar surface area (TPSA) is 136 Å². The fraction of sp³-hybridized carbons (Fsp3) is 0. The van der Waals surface area contributed by atoms with Gasteiger partial charge in [-0.2, -0.15) is 0 Å². The summed E-state index contributed by atoms with van der Waals surface area (Å²) in [5, 5.41) is 0. The molecule has 0 amide bonds. The molecule has 0 saturated heterocycles. The molecule has 0 bridgehead atoms. The van der Waals surface area contributed by atoms with Crippen molar-refractivity contribution in [2.24, 2.45) is 0 Å². The summed E-state index contributed by atoms with van der Waals surface area (Å²) in [6, 6.07) is 0. The molecule has 3 N–H and O–H groups in total. The second-order valence-corrected chi connectivity index (χ2v) is 1.63. The van der Waals surface area contributed by atoms with Crippen molar-refractivity contribution in [2.45, 2.75) is 0 Å².